The van der Waals surface area contributed by atoms with Crippen molar-refractivity contribution in [2.75, 3.05) is 38.0 Å². The fourth-order valence-corrected chi connectivity index (χ4v) is 3.76. The normalized spacial score (nSPS) is 11.5. The van der Waals surface area contributed by atoms with Crippen LogP contribution in [0.25, 0.3) is 12.2 Å². The van der Waals surface area contributed by atoms with Gasteiger partial charge in [-0.2, -0.15) is 0 Å². The molecular weight excluding hydrogens is 378 g/mol. The number of rotatable bonds is 9. The maximum absolute atomic E-state index is 12.2. The van der Waals surface area contributed by atoms with E-state index in [1.54, 1.807) is 24.3 Å². The molecule has 0 amide bonds. The molecule has 28 heavy (non-hydrogen) atoms. The number of carbonyl (C=O) groups is 1. The molecule has 0 unspecified atom stereocenters. The van der Waals surface area contributed by atoms with Crippen LogP contribution in [0.2, 0.25) is 0 Å². The Morgan fingerprint density at radius 3 is 2.07 bits per heavy atom. The first-order chi connectivity index (χ1) is 13.4. The van der Waals surface area contributed by atoms with Gasteiger partial charge in [-0.05, 0) is 35.4 Å². The van der Waals surface area contributed by atoms with Crippen molar-refractivity contribution in [3.63, 3.8) is 0 Å². The summed E-state index contributed by atoms with van der Waals surface area (Å²) >= 11 is 0. The number of esters is 1. The Labute approximate surface area is 166 Å². The number of carbonyl (C=O) groups excluding carboxylic acids is 1. The molecule has 0 spiro atoms. The number of nitrogens with zero attached hydrogens (tertiary/aromatic N) is 1. The number of anilines is 1. The first-order valence-electron chi connectivity index (χ1n) is 8.85. The zero-order chi connectivity index (χ0) is 20.6. The number of methoxy groups -OCH3 is 1. The standard InChI is InChI=1S/C21H25NO5S/c1-22(14-15-23)19-9-5-17(6-10-19)3-4-18-7-11-20(12-8-18)28(25,26)16-13-21(24)27-2/h3-12,23H,13-16H2,1-2H3/b4-3+. The number of sulfone groups is 1. The Bertz CT molecular complexity index is 903. The molecule has 0 aliphatic rings. The summed E-state index contributed by atoms with van der Waals surface area (Å²) in [5, 5.41) is 8.99. The first-order valence-corrected chi connectivity index (χ1v) is 10.5. The van der Waals surface area contributed by atoms with Gasteiger partial charge in [0, 0.05) is 19.3 Å². The van der Waals surface area contributed by atoms with Crippen LogP contribution < -0.4 is 4.90 Å². The molecule has 0 aliphatic heterocycles. The molecule has 0 atom stereocenters. The van der Waals surface area contributed by atoms with Crippen molar-refractivity contribution in [3.05, 3.63) is 59.7 Å². The van der Waals surface area contributed by atoms with Gasteiger partial charge in [-0.1, -0.05) is 36.4 Å². The van der Waals surface area contributed by atoms with Crippen LogP contribution in [0.5, 0.6) is 0 Å². The van der Waals surface area contributed by atoms with Crippen molar-refractivity contribution < 1.29 is 23.1 Å². The monoisotopic (exact) mass is 403 g/mol. The second kappa shape index (κ2) is 10.1. The largest absolute Gasteiger partial charge is 0.469 e. The summed E-state index contributed by atoms with van der Waals surface area (Å²) in [6.07, 6.45) is 3.68. The number of likely N-dealkylation sites (N-methyl/N-ethyl adjacent to an activating group) is 1. The van der Waals surface area contributed by atoms with E-state index in [9.17, 15) is 13.2 Å². The summed E-state index contributed by atoms with van der Waals surface area (Å²) in [5.41, 5.74) is 2.90. The van der Waals surface area contributed by atoms with Gasteiger partial charge in [-0.3, -0.25) is 4.79 Å². The first kappa shape index (κ1) is 21.7. The summed E-state index contributed by atoms with van der Waals surface area (Å²) in [4.78, 5) is 13.3. The number of ether oxygens (including phenoxy) is 1. The van der Waals surface area contributed by atoms with Crippen LogP contribution in [0.15, 0.2) is 53.4 Å². The lowest BCUT2D eigenvalue weighted by molar-refractivity contribution is -0.140. The van der Waals surface area contributed by atoms with Gasteiger partial charge in [0.05, 0.1) is 30.8 Å². The highest BCUT2D eigenvalue weighted by Crippen LogP contribution is 2.17. The third-order valence-corrected chi connectivity index (χ3v) is 6.01. The van der Waals surface area contributed by atoms with Crippen LogP contribution >= 0.6 is 0 Å². The molecule has 6 nitrogen and oxygen atoms in total. The average Bonchev–Trinajstić information content (AvgIpc) is 2.71. The van der Waals surface area contributed by atoms with Crippen molar-refractivity contribution >= 4 is 33.6 Å². The van der Waals surface area contributed by atoms with Crippen molar-refractivity contribution in [1.29, 1.82) is 0 Å². The van der Waals surface area contributed by atoms with E-state index in [0.717, 1.165) is 16.8 Å². The van der Waals surface area contributed by atoms with Crippen LogP contribution in [0.1, 0.15) is 17.5 Å². The molecular formula is C21H25NO5S. The zero-order valence-corrected chi connectivity index (χ0v) is 16.9. The zero-order valence-electron chi connectivity index (χ0n) is 16.0. The third kappa shape index (κ3) is 6.21. The summed E-state index contributed by atoms with van der Waals surface area (Å²) in [5.74, 6) is -0.817. The highest BCUT2D eigenvalue weighted by molar-refractivity contribution is 7.91. The van der Waals surface area contributed by atoms with Gasteiger partial charge in [0.15, 0.2) is 9.84 Å². The Balaban J connectivity index is 2.02. The molecule has 150 valence electrons. The van der Waals surface area contributed by atoms with Crippen LogP contribution in [0.4, 0.5) is 5.69 Å². The number of aliphatic hydroxyl groups excluding tert-OH is 1. The number of aliphatic hydroxyl groups is 1. The van der Waals surface area contributed by atoms with E-state index in [0.29, 0.717) is 6.54 Å². The van der Waals surface area contributed by atoms with Gasteiger partial charge in [-0.25, -0.2) is 8.42 Å². The molecule has 2 aromatic rings. The second-order valence-corrected chi connectivity index (χ2v) is 8.39. The minimum Gasteiger partial charge on any atom is -0.469 e. The van der Waals surface area contributed by atoms with E-state index in [1.807, 2.05) is 48.4 Å². The molecule has 0 radical (unpaired) electrons. The van der Waals surface area contributed by atoms with Gasteiger partial charge >= 0.3 is 5.97 Å². The maximum atomic E-state index is 12.2. The smallest absolute Gasteiger partial charge is 0.306 e. The van der Waals surface area contributed by atoms with Gasteiger partial charge in [0.1, 0.15) is 0 Å². The van der Waals surface area contributed by atoms with E-state index < -0.39 is 15.8 Å². The highest BCUT2D eigenvalue weighted by atomic mass is 32.2. The Hall–Kier alpha value is -2.64. The van der Waals surface area contributed by atoms with Crippen molar-refractivity contribution in [1.82, 2.24) is 0 Å². The van der Waals surface area contributed by atoms with Crippen molar-refractivity contribution in [3.8, 4) is 0 Å². The topological polar surface area (TPSA) is 83.9 Å². The van der Waals surface area contributed by atoms with Crippen LogP contribution in [0, 0.1) is 0 Å². The van der Waals surface area contributed by atoms with E-state index in [4.69, 9.17) is 5.11 Å². The highest BCUT2D eigenvalue weighted by Gasteiger charge is 2.16. The fourth-order valence-electron chi connectivity index (χ4n) is 2.54. The second-order valence-electron chi connectivity index (χ2n) is 6.28. The molecule has 7 heteroatoms. The molecule has 0 fully saturated rings. The van der Waals surface area contributed by atoms with E-state index >= 15 is 0 Å². The van der Waals surface area contributed by atoms with E-state index in [2.05, 4.69) is 4.74 Å². The lowest BCUT2D eigenvalue weighted by atomic mass is 10.1. The molecule has 1 N–H and O–H groups in total. The van der Waals surface area contributed by atoms with Gasteiger partial charge in [0.2, 0.25) is 0 Å². The van der Waals surface area contributed by atoms with Crippen LogP contribution in [-0.4, -0.2) is 52.6 Å². The minimum absolute atomic E-state index is 0.104. The van der Waals surface area contributed by atoms with Gasteiger partial charge < -0.3 is 14.7 Å². The molecule has 0 heterocycles. The van der Waals surface area contributed by atoms with Crippen LogP contribution in [-0.2, 0) is 19.4 Å². The molecule has 0 saturated carbocycles. The Kier molecular flexibility index (Phi) is 7.78. The SMILES string of the molecule is COC(=O)CCS(=O)(=O)c1ccc(/C=C/c2ccc(N(C)CCO)cc2)cc1. The predicted octanol–water partition coefficient (Wildman–Crippen LogP) is 2.62. The lowest BCUT2D eigenvalue weighted by Crippen LogP contribution is -2.20. The summed E-state index contributed by atoms with van der Waals surface area (Å²) in [6, 6.07) is 14.4. The fraction of sp³-hybridized carbons (Fsp3) is 0.286. The lowest BCUT2D eigenvalue weighted by Gasteiger charge is -2.17. The predicted molar refractivity (Wildman–Crippen MR) is 111 cm³/mol. The van der Waals surface area contributed by atoms with Gasteiger partial charge in [-0.15, -0.1) is 0 Å². The third-order valence-electron chi connectivity index (χ3n) is 4.28. The summed E-state index contributed by atoms with van der Waals surface area (Å²) < 4.78 is 28.9. The van der Waals surface area contributed by atoms with Gasteiger partial charge in [0.25, 0.3) is 0 Å². The molecule has 0 aliphatic carbocycles. The molecule has 0 aromatic heterocycles. The Morgan fingerprint density at radius 2 is 1.57 bits per heavy atom. The summed E-state index contributed by atoms with van der Waals surface area (Å²) in [7, 11) is -0.363. The molecule has 2 rings (SSSR count). The van der Waals surface area contributed by atoms with Crippen molar-refractivity contribution in [2.45, 2.75) is 11.3 Å². The number of hydrogen-bond acceptors (Lipinski definition) is 6. The average molecular weight is 404 g/mol. The summed E-state index contributed by atoms with van der Waals surface area (Å²) in [6.45, 7) is 0.677. The van der Waals surface area contributed by atoms with Crippen molar-refractivity contribution in [2.24, 2.45) is 0 Å². The van der Waals surface area contributed by atoms with E-state index in [-0.39, 0.29) is 23.7 Å². The molecule has 2 aromatic carbocycles. The quantitative estimate of drug-likeness (QED) is 0.512. The minimum atomic E-state index is -3.51. The number of benzene rings is 2. The number of hydrogen-bond donors (Lipinski definition) is 1. The van der Waals surface area contributed by atoms with E-state index in [1.165, 1.54) is 7.11 Å². The Morgan fingerprint density at radius 1 is 1.04 bits per heavy atom. The molecule has 0 saturated heterocycles. The molecule has 0 bridgehead atoms. The van der Waals surface area contributed by atoms with Crippen LogP contribution in [0.3, 0.4) is 0 Å². The maximum Gasteiger partial charge on any atom is 0.306 e.